The van der Waals surface area contributed by atoms with Gasteiger partial charge in [-0.15, -0.1) is 11.3 Å². The number of likely N-dealkylation sites (tertiary alicyclic amines) is 1. The third-order valence-electron chi connectivity index (χ3n) is 5.56. The van der Waals surface area contributed by atoms with Crippen LogP contribution in [0.25, 0.3) is 10.1 Å². The summed E-state index contributed by atoms with van der Waals surface area (Å²) in [5, 5.41) is 8.52. The first-order valence-corrected chi connectivity index (χ1v) is 10.3. The van der Waals surface area contributed by atoms with E-state index in [-0.39, 0.29) is 5.91 Å². The number of fused-ring (bicyclic) bond motifs is 1. The van der Waals surface area contributed by atoms with Crippen molar-refractivity contribution in [3.05, 3.63) is 52.2 Å². The van der Waals surface area contributed by atoms with E-state index in [2.05, 4.69) is 46.6 Å². The molecule has 1 unspecified atom stereocenters. The van der Waals surface area contributed by atoms with Gasteiger partial charge in [0.25, 0.3) is 5.91 Å². The van der Waals surface area contributed by atoms with Crippen LogP contribution in [0.15, 0.2) is 30.5 Å². The number of aryl methyl sites for hydroxylation is 2. The molecule has 1 amide bonds. The van der Waals surface area contributed by atoms with Crippen molar-refractivity contribution >= 4 is 27.3 Å². The molecule has 142 valence electrons. The number of hydrogen-bond acceptors (Lipinski definition) is 4. The lowest BCUT2D eigenvalue weighted by atomic mass is 10.00. The molecule has 0 radical (unpaired) electrons. The quantitative estimate of drug-likeness (QED) is 0.735. The molecule has 6 heteroatoms. The standard InChI is InChI=1S/C21H26N4OS/c1-14-15(12-24(3)23-14)13-25-10-6-7-16(25)11-18-17-8-4-5-9-19(17)27-20(18)21(26)22-2/h4-5,8-9,12,16H,6-7,10-11,13H2,1-3H3,(H,22,26). The number of rotatable bonds is 5. The Kier molecular flexibility index (Phi) is 5.02. The van der Waals surface area contributed by atoms with Crippen molar-refractivity contribution in [1.82, 2.24) is 20.0 Å². The second-order valence-electron chi connectivity index (χ2n) is 7.37. The van der Waals surface area contributed by atoms with Crippen molar-refractivity contribution < 1.29 is 4.79 Å². The number of hydrogen-bond donors (Lipinski definition) is 1. The second-order valence-corrected chi connectivity index (χ2v) is 8.42. The van der Waals surface area contributed by atoms with Gasteiger partial charge in [0, 0.05) is 43.1 Å². The normalized spacial score (nSPS) is 17.7. The lowest BCUT2D eigenvalue weighted by Crippen LogP contribution is -2.31. The number of nitrogens with zero attached hydrogens (tertiary/aromatic N) is 3. The lowest BCUT2D eigenvalue weighted by molar-refractivity contribution is 0.0966. The molecule has 3 heterocycles. The Hall–Kier alpha value is -2.18. The predicted molar refractivity (Wildman–Crippen MR) is 110 cm³/mol. The molecule has 0 saturated carbocycles. The van der Waals surface area contributed by atoms with Gasteiger partial charge in [0.2, 0.25) is 0 Å². The average Bonchev–Trinajstić information content (AvgIpc) is 3.34. The summed E-state index contributed by atoms with van der Waals surface area (Å²) < 4.78 is 3.09. The van der Waals surface area contributed by atoms with Gasteiger partial charge in [0.1, 0.15) is 0 Å². The molecule has 5 nitrogen and oxygen atoms in total. The fraction of sp³-hybridized carbons (Fsp3) is 0.429. The molecular formula is C21H26N4OS. The zero-order valence-electron chi connectivity index (χ0n) is 16.2. The highest BCUT2D eigenvalue weighted by Crippen LogP contribution is 2.34. The van der Waals surface area contributed by atoms with Crippen molar-refractivity contribution in [2.45, 2.75) is 38.8 Å². The number of amides is 1. The van der Waals surface area contributed by atoms with E-state index in [1.807, 2.05) is 17.8 Å². The molecule has 0 bridgehead atoms. The molecule has 1 fully saturated rings. The molecule has 4 rings (SSSR count). The summed E-state index contributed by atoms with van der Waals surface area (Å²) in [6, 6.07) is 8.84. The molecule has 27 heavy (non-hydrogen) atoms. The summed E-state index contributed by atoms with van der Waals surface area (Å²) in [6.07, 6.45) is 5.44. The molecule has 1 aliphatic rings. The first kappa shape index (κ1) is 18.2. The molecule has 0 aliphatic carbocycles. The maximum atomic E-state index is 12.5. The number of thiophene rings is 1. The molecule has 1 saturated heterocycles. The van der Waals surface area contributed by atoms with Crippen molar-refractivity contribution in [3.63, 3.8) is 0 Å². The minimum absolute atomic E-state index is 0.0267. The van der Waals surface area contributed by atoms with Crippen molar-refractivity contribution in [2.75, 3.05) is 13.6 Å². The van der Waals surface area contributed by atoms with Gasteiger partial charge >= 0.3 is 0 Å². The van der Waals surface area contributed by atoms with Crippen LogP contribution in [0.1, 0.15) is 39.3 Å². The minimum atomic E-state index is 0.0267. The predicted octanol–water partition coefficient (Wildman–Crippen LogP) is 3.51. The number of aromatic nitrogens is 2. The van der Waals surface area contributed by atoms with Gasteiger partial charge < -0.3 is 5.32 Å². The van der Waals surface area contributed by atoms with E-state index >= 15 is 0 Å². The smallest absolute Gasteiger partial charge is 0.261 e. The Labute approximate surface area is 164 Å². The van der Waals surface area contributed by atoms with Crippen LogP contribution in [0.3, 0.4) is 0 Å². The van der Waals surface area contributed by atoms with Crippen LogP contribution in [-0.2, 0) is 20.0 Å². The zero-order chi connectivity index (χ0) is 19.0. The fourth-order valence-corrected chi connectivity index (χ4v) is 5.37. The Morgan fingerprint density at radius 2 is 2.19 bits per heavy atom. The maximum absolute atomic E-state index is 12.5. The summed E-state index contributed by atoms with van der Waals surface area (Å²) in [7, 11) is 3.69. The highest BCUT2D eigenvalue weighted by atomic mass is 32.1. The van der Waals surface area contributed by atoms with Crippen LogP contribution in [0.4, 0.5) is 0 Å². The average molecular weight is 383 g/mol. The monoisotopic (exact) mass is 382 g/mol. The first-order valence-electron chi connectivity index (χ1n) is 9.52. The molecule has 1 N–H and O–H groups in total. The topological polar surface area (TPSA) is 50.2 Å². The highest BCUT2D eigenvalue weighted by molar-refractivity contribution is 7.21. The van der Waals surface area contributed by atoms with Crippen LogP contribution in [0.2, 0.25) is 0 Å². The van der Waals surface area contributed by atoms with Gasteiger partial charge in [-0.2, -0.15) is 5.10 Å². The highest BCUT2D eigenvalue weighted by Gasteiger charge is 2.28. The molecule has 2 aromatic heterocycles. The van der Waals surface area contributed by atoms with Crippen LogP contribution in [0, 0.1) is 6.92 Å². The van der Waals surface area contributed by atoms with E-state index in [0.717, 1.165) is 30.1 Å². The molecule has 3 aromatic rings. The number of carbonyl (C=O) groups excluding carboxylic acids is 1. The number of nitrogens with one attached hydrogen (secondary N) is 1. The summed E-state index contributed by atoms with van der Waals surface area (Å²) in [4.78, 5) is 15.9. The van der Waals surface area contributed by atoms with Gasteiger partial charge in [0.15, 0.2) is 0 Å². The lowest BCUT2D eigenvalue weighted by Gasteiger charge is -2.24. The van der Waals surface area contributed by atoms with E-state index in [1.54, 1.807) is 18.4 Å². The molecule has 1 atom stereocenters. The summed E-state index contributed by atoms with van der Waals surface area (Å²) >= 11 is 1.61. The van der Waals surface area contributed by atoms with Gasteiger partial charge in [0.05, 0.1) is 10.6 Å². The van der Waals surface area contributed by atoms with Crippen LogP contribution in [0.5, 0.6) is 0 Å². The van der Waals surface area contributed by atoms with E-state index in [4.69, 9.17) is 0 Å². The Bertz CT molecular complexity index is 974. The van der Waals surface area contributed by atoms with E-state index in [0.29, 0.717) is 6.04 Å². The Morgan fingerprint density at radius 1 is 1.37 bits per heavy atom. The van der Waals surface area contributed by atoms with Crippen molar-refractivity contribution in [2.24, 2.45) is 7.05 Å². The summed E-state index contributed by atoms with van der Waals surface area (Å²) in [5.41, 5.74) is 3.61. The van der Waals surface area contributed by atoms with E-state index < -0.39 is 0 Å². The largest absolute Gasteiger partial charge is 0.354 e. The van der Waals surface area contributed by atoms with Crippen molar-refractivity contribution in [1.29, 1.82) is 0 Å². The molecule has 1 aliphatic heterocycles. The fourth-order valence-electron chi connectivity index (χ4n) is 4.19. The van der Waals surface area contributed by atoms with E-state index in [1.165, 1.54) is 34.1 Å². The SMILES string of the molecule is CNC(=O)c1sc2ccccc2c1CC1CCCN1Cc1cn(C)nc1C. The molecular weight excluding hydrogens is 356 g/mol. The molecule has 0 spiro atoms. The van der Waals surface area contributed by atoms with Gasteiger partial charge in [-0.05, 0) is 49.7 Å². The van der Waals surface area contributed by atoms with Crippen LogP contribution in [-0.4, -0.2) is 40.2 Å². The van der Waals surface area contributed by atoms with Crippen LogP contribution >= 0.6 is 11.3 Å². The summed E-state index contributed by atoms with van der Waals surface area (Å²) in [6.45, 7) is 4.12. The van der Waals surface area contributed by atoms with Gasteiger partial charge in [-0.1, -0.05) is 18.2 Å². The number of benzene rings is 1. The summed E-state index contributed by atoms with van der Waals surface area (Å²) in [5.74, 6) is 0.0267. The van der Waals surface area contributed by atoms with Gasteiger partial charge in [-0.25, -0.2) is 0 Å². The zero-order valence-corrected chi connectivity index (χ0v) is 17.0. The minimum Gasteiger partial charge on any atom is -0.354 e. The maximum Gasteiger partial charge on any atom is 0.261 e. The second kappa shape index (κ2) is 7.44. The third-order valence-corrected chi connectivity index (χ3v) is 6.77. The Morgan fingerprint density at radius 3 is 2.93 bits per heavy atom. The number of carbonyl (C=O) groups is 1. The molecule has 1 aromatic carbocycles. The third kappa shape index (κ3) is 3.51. The van der Waals surface area contributed by atoms with Crippen molar-refractivity contribution in [3.8, 4) is 0 Å². The van der Waals surface area contributed by atoms with Crippen LogP contribution < -0.4 is 5.32 Å². The first-order chi connectivity index (χ1) is 13.1. The Balaban J connectivity index is 1.62. The van der Waals surface area contributed by atoms with Gasteiger partial charge in [-0.3, -0.25) is 14.4 Å². The van der Waals surface area contributed by atoms with E-state index in [9.17, 15) is 4.79 Å².